The normalized spacial score (nSPS) is 11.9. The molecule has 0 N–H and O–H groups in total. The van der Waals surface area contributed by atoms with Crippen LogP contribution in [-0.4, -0.2) is 0 Å². The fourth-order valence-electron chi connectivity index (χ4n) is 8.38. The van der Waals surface area contributed by atoms with Crippen LogP contribution in [0.5, 0.6) is 34.5 Å². The minimum atomic E-state index is 0.343. The number of aryl methyl sites for hydroxylation is 4. The third kappa shape index (κ3) is 12.5. The average molecular weight is 913 g/mol. The second kappa shape index (κ2) is 22.1. The van der Waals surface area contributed by atoms with E-state index in [0.29, 0.717) is 39.6 Å². The largest absolute Gasteiger partial charge is 0.489 e. The van der Waals surface area contributed by atoms with E-state index in [2.05, 4.69) is 107 Å². The first-order chi connectivity index (χ1) is 33.8. The number of anilines is 2. The lowest BCUT2D eigenvalue weighted by Crippen LogP contribution is -2.21. The lowest BCUT2D eigenvalue weighted by Gasteiger charge is -2.25. The molecule has 0 amide bonds. The topological polar surface area (TPSA) is 61.9 Å². The maximum atomic E-state index is 6.45. The Morgan fingerprint density at radius 2 is 0.522 bits per heavy atom. The van der Waals surface area contributed by atoms with Gasteiger partial charge < -0.3 is 38.2 Å². The van der Waals surface area contributed by atoms with E-state index in [-0.39, 0.29) is 0 Å². The highest BCUT2D eigenvalue weighted by Crippen LogP contribution is 2.38. The summed E-state index contributed by atoms with van der Waals surface area (Å²) >= 11 is 0. The molecular formula is C61H56N2O6. The van der Waals surface area contributed by atoms with Crippen LogP contribution in [0.25, 0.3) is 0 Å². The van der Waals surface area contributed by atoms with Crippen LogP contribution >= 0.6 is 0 Å². The zero-order chi connectivity index (χ0) is 47.4. The molecule has 8 aromatic carbocycles. The van der Waals surface area contributed by atoms with Crippen molar-refractivity contribution in [1.29, 1.82) is 0 Å². The summed E-state index contributed by atoms with van der Waals surface area (Å²) in [5, 5.41) is 0. The molecule has 0 bridgehead atoms. The zero-order valence-corrected chi connectivity index (χ0v) is 39.6. The van der Waals surface area contributed by atoms with Crippen LogP contribution in [0.3, 0.4) is 0 Å². The molecule has 0 aromatic heterocycles. The van der Waals surface area contributed by atoms with Crippen molar-refractivity contribution < 1.29 is 28.4 Å². The molecule has 1 aliphatic heterocycles. The van der Waals surface area contributed by atoms with Gasteiger partial charge in [-0.3, -0.25) is 0 Å². The molecule has 1 aliphatic rings. The van der Waals surface area contributed by atoms with Crippen molar-refractivity contribution in [2.75, 3.05) is 9.80 Å². The van der Waals surface area contributed by atoms with E-state index < -0.39 is 0 Å². The monoisotopic (exact) mass is 912 g/mol. The number of hydrogen-bond acceptors (Lipinski definition) is 8. The second-order valence-corrected chi connectivity index (χ2v) is 17.2. The molecule has 0 saturated heterocycles. The maximum Gasteiger partial charge on any atom is 0.217 e. The van der Waals surface area contributed by atoms with E-state index in [0.717, 1.165) is 102 Å². The van der Waals surface area contributed by atoms with Crippen molar-refractivity contribution >= 4 is 11.4 Å². The molecule has 346 valence electrons. The van der Waals surface area contributed by atoms with Gasteiger partial charge in [0.2, 0.25) is 6.67 Å². The van der Waals surface area contributed by atoms with Crippen LogP contribution < -0.4 is 38.2 Å². The fourth-order valence-corrected chi connectivity index (χ4v) is 8.38. The molecule has 0 unspecified atom stereocenters. The number of rotatable bonds is 20. The molecule has 8 nitrogen and oxygen atoms in total. The minimum Gasteiger partial charge on any atom is -0.489 e. The van der Waals surface area contributed by atoms with Gasteiger partial charge in [-0.1, -0.05) is 121 Å². The van der Waals surface area contributed by atoms with Crippen LogP contribution in [-0.2, 0) is 39.6 Å². The summed E-state index contributed by atoms with van der Waals surface area (Å²) in [6.45, 7) is 14.5. The number of nitrogens with zero attached hydrogens (tertiary/aromatic N) is 2. The van der Waals surface area contributed by atoms with Crippen LogP contribution in [0, 0.1) is 34.4 Å². The molecule has 69 heavy (non-hydrogen) atoms. The van der Waals surface area contributed by atoms with Crippen LogP contribution in [0.15, 0.2) is 194 Å². The van der Waals surface area contributed by atoms with E-state index in [1.807, 2.05) is 131 Å². The molecule has 2 radical (unpaired) electrons. The average Bonchev–Trinajstić information content (AvgIpc) is 3.84. The Morgan fingerprint density at radius 1 is 0.290 bits per heavy atom. The molecular weight excluding hydrogens is 857 g/mol. The van der Waals surface area contributed by atoms with E-state index >= 15 is 0 Å². The Labute approximate surface area is 406 Å². The van der Waals surface area contributed by atoms with Gasteiger partial charge in [0.25, 0.3) is 0 Å². The van der Waals surface area contributed by atoms with Gasteiger partial charge in [0, 0.05) is 35.9 Å². The van der Waals surface area contributed by atoms with Crippen molar-refractivity contribution in [3.8, 4) is 34.5 Å². The van der Waals surface area contributed by atoms with Gasteiger partial charge in [-0.15, -0.1) is 0 Å². The molecule has 8 heteroatoms. The van der Waals surface area contributed by atoms with Crippen molar-refractivity contribution in [1.82, 2.24) is 0 Å². The maximum absolute atomic E-state index is 6.45. The summed E-state index contributed by atoms with van der Waals surface area (Å²) in [7, 11) is 0. The summed E-state index contributed by atoms with van der Waals surface area (Å²) in [6, 6.07) is 60.9. The number of benzene rings is 8. The van der Waals surface area contributed by atoms with Crippen molar-refractivity contribution in [2.45, 2.75) is 67.3 Å². The molecule has 0 saturated carbocycles. The first kappa shape index (κ1) is 46.0. The van der Waals surface area contributed by atoms with Gasteiger partial charge >= 0.3 is 0 Å². The molecule has 1 heterocycles. The Bertz CT molecular complexity index is 2610. The van der Waals surface area contributed by atoms with Gasteiger partial charge in [0.15, 0.2) is 0 Å². The number of ether oxygens (including phenoxy) is 6. The SMILES string of the molecule is Cc1cc(OCc2cc(OCc3ccccc3)cc(OCc3ccccc3)c2)cc(C)c1N1[C]N(c2c(C)cc(OCc3cc(OCc4ccccc4)cc(OCc4ccccc4)c3)cc2C)C=C1. The predicted molar refractivity (Wildman–Crippen MR) is 274 cm³/mol. The lowest BCUT2D eigenvalue weighted by atomic mass is 10.1. The summed E-state index contributed by atoms with van der Waals surface area (Å²) in [5.41, 5.74) is 12.6. The van der Waals surface area contributed by atoms with Gasteiger partial charge in [0.05, 0.1) is 0 Å². The molecule has 8 aromatic rings. The molecule has 0 atom stereocenters. The van der Waals surface area contributed by atoms with Gasteiger partial charge in [0.1, 0.15) is 74.1 Å². The van der Waals surface area contributed by atoms with Crippen LogP contribution in [0.1, 0.15) is 55.6 Å². The molecule has 0 aliphatic carbocycles. The second-order valence-electron chi connectivity index (χ2n) is 17.2. The van der Waals surface area contributed by atoms with Crippen molar-refractivity contribution in [3.05, 3.63) is 257 Å². The van der Waals surface area contributed by atoms with E-state index in [4.69, 9.17) is 28.4 Å². The third-order valence-electron chi connectivity index (χ3n) is 11.7. The minimum absolute atomic E-state index is 0.343. The number of hydrogen-bond donors (Lipinski definition) is 0. The van der Waals surface area contributed by atoms with E-state index in [1.54, 1.807) is 0 Å². The lowest BCUT2D eigenvalue weighted by molar-refractivity contribution is 0.281. The van der Waals surface area contributed by atoms with E-state index in [1.165, 1.54) is 0 Å². The van der Waals surface area contributed by atoms with Gasteiger partial charge in [-0.25, -0.2) is 0 Å². The van der Waals surface area contributed by atoms with E-state index in [9.17, 15) is 0 Å². The zero-order valence-electron chi connectivity index (χ0n) is 39.6. The van der Waals surface area contributed by atoms with Gasteiger partial charge in [-0.05, 0) is 132 Å². The fraction of sp³-hybridized carbons (Fsp3) is 0.164. The Kier molecular flexibility index (Phi) is 14.8. The smallest absolute Gasteiger partial charge is 0.217 e. The third-order valence-corrected chi connectivity index (χ3v) is 11.7. The molecule has 0 fully saturated rings. The predicted octanol–water partition coefficient (Wildman–Crippen LogP) is 14.2. The highest BCUT2D eigenvalue weighted by molar-refractivity contribution is 5.72. The summed E-state index contributed by atoms with van der Waals surface area (Å²) in [6.07, 6.45) is 4.09. The quantitative estimate of drug-likeness (QED) is 0.0749. The first-order valence-electron chi connectivity index (χ1n) is 23.2. The van der Waals surface area contributed by atoms with Crippen molar-refractivity contribution in [3.63, 3.8) is 0 Å². The summed E-state index contributed by atoms with van der Waals surface area (Å²) < 4.78 is 37.9. The van der Waals surface area contributed by atoms with Crippen LogP contribution in [0.4, 0.5) is 11.4 Å². The first-order valence-corrected chi connectivity index (χ1v) is 23.2. The standard InChI is InChI=1S/C61H56N2O6/c1-44-27-54(68-41-52-31-56(64-37-48-17-9-5-10-18-48)35-57(32-52)65-38-49-19-11-6-12-20-49)28-45(2)60(44)62-25-26-63(43-62)61-46(3)29-55(30-47(61)4)69-42-53-33-58(66-39-50-21-13-7-14-22-50)36-59(34-53)67-40-51-23-15-8-16-24-51/h5-36H,37-42H2,1-4H3. The Balaban J connectivity index is 0.838. The van der Waals surface area contributed by atoms with Crippen molar-refractivity contribution in [2.24, 2.45) is 0 Å². The molecule has 0 spiro atoms. The highest BCUT2D eigenvalue weighted by Gasteiger charge is 2.24. The summed E-state index contributed by atoms with van der Waals surface area (Å²) in [4.78, 5) is 4.10. The van der Waals surface area contributed by atoms with Crippen LogP contribution in [0.2, 0.25) is 0 Å². The molecule has 9 rings (SSSR count). The Morgan fingerprint density at radius 3 is 0.783 bits per heavy atom. The summed E-state index contributed by atoms with van der Waals surface area (Å²) in [5.74, 6) is 4.45. The highest BCUT2D eigenvalue weighted by atomic mass is 16.5. The van der Waals surface area contributed by atoms with Gasteiger partial charge in [-0.2, -0.15) is 0 Å². The Hall–Kier alpha value is -8.10.